The number of nitrogens with zero attached hydrogens (tertiary/aromatic N) is 1. The number of aromatic nitrogens is 1. The Balaban J connectivity index is 2.72. The molecule has 1 nitrogen and oxygen atoms in total. The molecule has 0 fully saturated rings. The Morgan fingerprint density at radius 1 is 1.33 bits per heavy atom. The van der Waals surface area contributed by atoms with Crippen LogP contribution < -0.4 is 0 Å². The average Bonchev–Trinajstić information content (AvgIpc) is 2.03. The quantitative estimate of drug-likeness (QED) is 0.602. The summed E-state index contributed by atoms with van der Waals surface area (Å²) in [5.74, 6) is 0. The molecule has 0 radical (unpaired) electrons. The molecule has 1 aromatic rings. The lowest BCUT2D eigenvalue weighted by Gasteiger charge is -2.01. The Labute approximate surface area is 90.2 Å². The van der Waals surface area contributed by atoms with E-state index < -0.39 is 0 Å². The zero-order valence-electron chi connectivity index (χ0n) is 6.36. The van der Waals surface area contributed by atoms with Gasteiger partial charge in [-0.3, -0.25) is 0 Å². The molecule has 0 N–H and O–H groups in total. The number of rotatable bonds is 3. The zero-order valence-corrected chi connectivity index (χ0v) is 9.45. The summed E-state index contributed by atoms with van der Waals surface area (Å²) in [5, 5.41) is 1.94. The number of halogens is 3. The van der Waals surface area contributed by atoms with Gasteiger partial charge in [0.25, 0.3) is 0 Å². The molecule has 0 bridgehead atoms. The highest BCUT2D eigenvalue weighted by Crippen LogP contribution is 2.18. The van der Waals surface area contributed by atoms with Gasteiger partial charge in [-0.05, 0) is 24.5 Å². The van der Waals surface area contributed by atoms with Crippen molar-refractivity contribution < 1.29 is 0 Å². The van der Waals surface area contributed by atoms with Gasteiger partial charge in [0.1, 0.15) is 10.3 Å². The van der Waals surface area contributed by atoms with Crippen LogP contribution in [0.25, 0.3) is 0 Å². The zero-order chi connectivity index (χ0) is 8.97. The molecule has 0 aromatic carbocycles. The highest BCUT2D eigenvalue weighted by molar-refractivity contribution is 9.09. The summed E-state index contributed by atoms with van der Waals surface area (Å²) in [7, 11) is 0. The molecule has 1 rings (SSSR count). The molecule has 0 spiro atoms. The van der Waals surface area contributed by atoms with Crippen LogP contribution in [-0.2, 0) is 6.42 Å². The largest absolute Gasteiger partial charge is 0.224 e. The van der Waals surface area contributed by atoms with Crippen LogP contribution in [0, 0.1) is 0 Å². The number of alkyl halides is 1. The van der Waals surface area contributed by atoms with E-state index in [2.05, 4.69) is 20.9 Å². The van der Waals surface area contributed by atoms with Crippen molar-refractivity contribution >= 4 is 39.1 Å². The maximum absolute atomic E-state index is 5.85. The van der Waals surface area contributed by atoms with E-state index >= 15 is 0 Å². The van der Waals surface area contributed by atoms with Gasteiger partial charge in [-0.15, -0.1) is 0 Å². The van der Waals surface area contributed by atoms with Gasteiger partial charge >= 0.3 is 0 Å². The van der Waals surface area contributed by atoms with Crippen LogP contribution in [-0.4, -0.2) is 10.3 Å². The molecule has 4 heteroatoms. The van der Waals surface area contributed by atoms with Crippen LogP contribution in [0.5, 0.6) is 0 Å². The summed E-state index contributed by atoms with van der Waals surface area (Å²) in [5.41, 5.74) is 1.06. The summed E-state index contributed by atoms with van der Waals surface area (Å²) in [6.45, 7) is 0. The van der Waals surface area contributed by atoms with Crippen molar-refractivity contribution in [1.29, 1.82) is 0 Å². The molecule has 0 unspecified atom stereocenters. The van der Waals surface area contributed by atoms with Crippen molar-refractivity contribution in [2.24, 2.45) is 0 Å². The molecule has 0 saturated carbocycles. The third-order valence-electron chi connectivity index (χ3n) is 1.47. The Morgan fingerprint density at radius 3 is 2.67 bits per heavy atom. The minimum atomic E-state index is 0.447. The fourth-order valence-corrected chi connectivity index (χ4v) is 1.60. The first-order valence-corrected chi connectivity index (χ1v) is 5.48. The Kier molecular flexibility index (Phi) is 4.33. The van der Waals surface area contributed by atoms with Gasteiger partial charge in [0.15, 0.2) is 0 Å². The van der Waals surface area contributed by atoms with Crippen molar-refractivity contribution in [3.63, 3.8) is 0 Å². The van der Waals surface area contributed by atoms with E-state index in [0.717, 1.165) is 23.7 Å². The van der Waals surface area contributed by atoms with Crippen LogP contribution in [0.4, 0.5) is 0 Å². The standard InChI is InChI=1S/C8H8BrCl2N/c9-5-1-2-6-3-4-7(10)12-8(6)11/h3-4H,1-2,5H2. The molecular weight excluding hydrogens is 261 g/mol. The van der Waals surface area contributed by atoms with E-state index in [1.54, 1.807) is 6.07 Å². The molecule has 1 aromatic heterocycles. The first-order chi connectivity index (χ1) is 5.74. The Morgan fingerprint density at radius 2 is 2.08 bits per heavy atom. The molecule has 1 heterocycles. The van der Waals surface area contributed by atoms with Gasteiger partial charge in [0.2, 0.25) is 0 Å². The third kappa shape index (κ3) is 2.92. The van der Waals surface area contributed by atoms with Crippen molar-refractivity contribution in [3.05, 3.63) is 28.0 Å². The van der Waals surface area contributed by atoms with Crippen LogP contribution >= 0.6 is 39.1 Å². The van der Waals surface area contributed by atoms with Gasteiger partial charge in [-0.1, -0.05) is 45.2 Å². The normalized spacial score (nSPS) is 10.2. The minimum Gasteiger partial charge on any atom is -0.224 e. The molecular formula is C8H8BrCl2N. The van der Waals surface area contributed by atoms with E-state index in [-0.39, 0.29) is 0 Å². The Bertz CT molecular complexity index is 265. The molecule has 0 amide bonds. The molecule has 0 aliphatic rings. The van der Waals surface area contributed by atoms with Crippen molar-refractivity contribution in [2.45, 2.75) is 12.8 Å². The molecule has 0 aliphatic carbocycles. The van der Waals surface area contributed by atoms with Crippen LogP contribution in [0.15, 0.2) is 12.1 Å². The van der Waals surface area contributed by atoms with Gasteiger partial charge in [-0.2, -0.15) is 0 Å². The number of hydrogen-bond acceptors (Lipinski definition) is 1. The third-order valence-corrected chi connectivity index (χ3v) is 2.57. The molecule has 0 aliphatic heterocycles. The lowest BCUT2D eigenvalue weighted by molar-refractivity contribution is 0.931. The molecule has 0 saturated heterocycles. The molecule has 0 atom stereocenters. The summed E-state index contributed by atoms with van der Waals surface area (Å²) in [4.78, 5) is 3.94. The minimum absolute atomic E-state index is 0.447. The van der Waals surface area contributed by atoms with E-state index in [0.29, 0.717) is 10.3 Å². The second-order valence-corrected chi connectivity index (χ2v) is 3.91. The van der Waals surface area contributed by atoms with Crippen LogP contribution in [0.1, 0.15) is 12.0 Å². The van der Waals surface area contributed by atoms with E-state index in [4.69, 9.17) is 23.2 Å². The van der Waals surface area contributed by atoms with Crippen LogP contribution in [0.2, 0.25) is 10.3 Å². The first-order valence-electron chi connectivity index (χ1n) is 3.61. The summed E-state index contributed by atoms with van der Waals surface area (Å²) < 4.78 is 0. The second-order valence-electron chi connectivity index (χ2n) is 2.38. The van der Waals surface area contributed by atoms with E-state index in [9.17, 15) is 0 Å². The predicted octanol–water partition coefficient (Wildman–Crippen LogP) is 3.72. The van der Waals surface area contributed by atoms with Crippen molar-refractivity contribution in [2.75, 3.05) is 5.33 Å². The summed E-state index contributed by atoms with van der Waals surface area (Å²) >= 11 is 14.9. The topological polar surface area (TPSA) is 12.9 Å². The monoisotopic (exact) mass is 267 g/mol. The molecule has 66 valence electrons. The lowest BCUT2D eigenvalue weighted by atomic mass is 10.2. The maximum Gasteiger partial charge on any atom is 0.134 e. The highest BCUT2D eigenvalue weighted by Gasteiger charge is 2.01. The predicted molar refractivity (Wildman–Crippen MR) is 56.4 cm³/mol. The second kappa shape index (κ2) is 5.05. The van der Waals surface area contributed by atoms with Gasteiger partial charge < -0.3 is 0 Å². The average molecular weight is 269 g/mol. The number of aryl methyl sites for hydroxylation is 1. The smallest absolute Gasteiger partial charge is 0.134 e. The van der Waals surface area contributed by atoms with E-state index in [1.807, 2.05) is 6.07 Å². The highest BCUT2D eigenvalue weighted by atomic mass is 79.9. The lowest BCUT2D eigenvalue weighted by Crippen LogP contribution is -1.90. The summed E-state index contributed by atoms with van der Waals surface area (Å²) in [6, 6.07) is 3.68. The van der Waals surface area contributed by atoms with E-state index in [1.165, 1.54) is 0 Å². The summed E-state index contributed by atoms with van der Waals surface area (Å²) in [6.07, 6.45) is 2.00. The maximum atomic E-state index is 5.85. The first kappa shape index (κ1) is 10.3. The fraction of sp³-hybridized carbons (Fsp3) is 0.375. The van der Waals surface area contributed by atoms with Gasteiger partial charge in [0.05, 0.1) is 0 Å². The van der Waals surface area contributed by atoms with Gasteiger partial charge in [-0.25, -0.2) is 4.98 Å². The van der Waals surface area contributed by atoms with Crippen molar-refractivity contribution in [3.8, 4) is 0 Å². The van der Waals surface area contributed by atoms with Crippen LogP contribution in [0.3, 0.4) is 0 Å². The number of pyridine rings is 1. The Hall–Kier alpha value is 0.210. The number of hydrogen-bond donors (Lipinski definition) is 0. The van der Waals surface area contributed by atoms with Crippen molar-refractivity contribution in [1.82, 2.24) is 4.98 Å². The fourth-order valence-electron chi connectivity index (χ4n) is 0.885. The molecule has 12 heavy (non-hydrogen) atoms. The van der Waals surface area contributed by atoms with Gasteiger partial charge in [0, 0.05) is 5.33 Å². The SMILES string of the molecule is Clc1ccc(CCCBr)c(Cl)n1.